The molecule has 0 radical (unpaired) electrons. The van der Waals surface area contributed by atoms with Gasteiger partial charge in [0.25, 0.3) is 5.69 Å². The molecule has 2 N–H and O–H groups in total. The number of carbonyl (C=O) groups is 1. The second kappa shape index (κ2) is 8.17. The molecule has 0 unspecified atom stereocenters. The largest absolute Gasteiger partial charge is 0.419 e. The highest BCUT2D eigenvalue weighted by Gasteiger charge is 2.14. The van der Waals surface area contributed by atoms with Crippen molar-refractivity contribution in [2.24, 2.45) is 0 Å². The maximum atomic E-state index is 12.0. The molecule has 1 amide bonds. The number of aromatic nitrogens is 4. The van der Waals surface area contributed by atoms with E-state index in [-0.39, 0.29) is 36.7 Å². The molecule has 148 valence electrons. The Bertz CT molecular complexity index is 1140. The second-order valence-electron chi connectivity index (χ2n) is 6.00. The van der Waals surface area contributed by atoms with Crippen LogP contribution in [0.15, 0.2) is 27.4 Å². The molecule has 2 heterocycles. The summed E-state index contributed by atoms with van der Waals surface area (Å²) in [4.78, 5) is 34.3. The number of benzene rings is 1. The lowest BCUT2D eigenvalue weighted by atomic mass is 10.2. The van der Waals surface area contributed by atoms with Gasteiger partial charge in [-0.2, -0.15) is 5.10 Å². The van der Waals surface area contributed by atoms with Gasteiger partial charge in [-0.1, -0.05) is 0 Å². The fourth-order valence-corrected chi connectivity index (χ4v) is 3.14. The number of nitro groups is 1. The summed E-state index contributed by atoms with van der Waals surface area (Å²) < 4.78 is 8.70. The highest BCUT2D eigenvalue weighted by molar-refractivity contribution is 7.71. The first-order valence-corrected chi connectivity index (χ1v) is 9.00. The summed E-state index contributed by atoms with van der Waals surface area (Å²) >= 11 is 5.09. The summed E-state index contributed by atoms with van der Waals surface area (Å²) in [6, 6.07) is 3.98. The van der Waals surface area contributed by atoms with E-state index in [0.29, 0.717) is 29.1 Å². The highest BCUT2D eigenvalue weighted by atomic mass is 32.1. The van der Waals surface area contributed by atoms with Crippen LogP contribution < -0.4 is 11.1 Å². The minimum atomic E-state index is -0.616. The van der Waals surface area contributed by atoms with Crippen molar-refractivity contribution in [2.45, 2.75) is 39.4 Å². The van der Waals surface area contributed by atoms with Gasteiger partial charge in [-0.25, -0.2) is 4.79 Å². The third kappa shape index (κ3) is 4.01. The van der Waals surface area contributed by atoms with E-state index in [1.54, 1.807) is 4.57 Å². The zero-order valence-electron chi connectivity index (χ0n) is 15.0. The smallest absolute Gasteiger partial charge is 0.407 e. The van der Waals surface area contributed by atoms with E-state index in [0.717, 1.165) is 0 Å². The maximum Gasteiger partial charge on any atom is 0.419 e. The molecule has 0 fully saturated rings. The first kappa shape index (κ1) is 19.5. The van der Waals surface area contributed by atoms with E-state index in [2.05, 4.69) is 15.5 Å². The van der Waals surface area contributed by atoms with Crippen molar-refractivity contribution >= 4 is 34.9 Å². The van der Waals surface area contributed by atoms with Gasteiger partial charge in [-0.15, -0.1) is 0 Å². The molecule has 0 saturated heterocycles. The monoisotopic (exact) mass is 406 g/mol. The number of nitrogens with one attached hydrogen (secondary N) is 2. The normalized spacial score (nSPS) is 11.0. The van der Waals surface area contributed by atoms with Gasteiger partial charge in [0, 0.05) is 25.6 Å². The molecule has 3 aromatic rings. The van der Waals surface area contributed by atoms with Crippen LogP contribution >= 0.6 is 12.2 Å². The minimum absolute atomic E-state index is 0.144. The van der Waals surface area contributed by atoms with Gasteiger partial charge in [0.1, 0.15) is 0 Å². The Hall–Kier alpha value is -3.28. The predicted octanol–water partition coefficient (Wildman–Crippen LogP) is 1.87. The van der Waals surface area contributed by atoms with Crippen molar-refractivity contribution in [1.82, 2.24) is 24.6 Å². The SMILES string of the molecule is CCn1c(CNC(=O)CCCn2c(=O)oc3cc([N+](=O)[O-])ccc32)n[nH]c1=S. The number of aromatic amines is 1. The van der Waals surface area contributed by atoms with Crippen LogP contribution in [-0.4, -0.2) is 30.2 Å². The van der Waals surface area contributed by atoms with Gasteiger partial charge >= 0.3 is 5.76 Å². The number of hydrogen-bond donors (Lipinski definition) is 2. The lowest BCUT2D eigenvalue weighted by Gasteiger charge is -2.06. The number of nitrogens with zero attached hydrogens (tertiary/aromatic N) is 4. The Morgan fingerprint density at radius 1 is 1.43 bits per heavy atom. The van der Waals surface area contributed by atoms with Crippen LogP contribution in [-0.2, 0) is 24.4 Å². The van der Waals surface area contributed by atoms with E-state index in [9.17, 15) is 19.7 Å². The van der Waals surface area contributed by atoms with Crippen LogP contribution in [0.3, 0.4) is 0 Å². The van der Waals surface area contributed by atoms with Crippen LogP contribution in [0.1, 0.15) is 25.6 Å². The van der Waals surface area contributed by atoms with Crippen LogP contribution in [0.2, 0.25) is 0 Å². The van der Waals surface area contributed by atoms with Crippen LogP contribution in [0.5, 0.6) is 0 Å². The van der Waals surface area contributed by atoms with E-state index in [4.69, 9.17) is 16.6 Å². The number of aryl methyl sites for hydroxylation is 1. The minimum Gasteiger partial charge on any atom is -0.407 e. The molecule has 0 atom stereocenters. The number of H-pyrrole nitrogens is 1. The zero-order chi connectivity index (χ0) is 20.3. The fourth-order valence-electron chi connectivity index (χ4n) is 2.86. The Morgan fingerprint density at radius 3 is 2.93 bits per heavy atom. The molecular weight excluding hydrogens is 388 g/mol. The first-order chi connectivity index (χ1) is 13.4. The molecule has 0 aliphatic rings. The van der Waals surface area contributed by atoms with E-state index >= 15 is 0 Å². The molecule has 0 saturated carbocycles. The summed E-state index contributed by atoms with van der Waals surface area (Å²) in [5, 5.41) is 20.3. The third-order valence-electron chi connectivity index (χ3n) is 4.25. The quantitative estimate of drug-likeness (QED) is 0.330. The maximum absolute atomic E-state index is 12.0. The van der Waals surface area contributed by atoms with Crippen molar-refractivity contribution in [3.8, 4) is 0 Å². The van der Waals surface area contributed by atoms with Crippen molar-refractivity contribution in [3.05, 3.63) is 49.5 Å². The fraction of sp³-hybridized carbons (Fsp3) is 0.375. The molecule has 0 spiro atoms. The van der Waals surface area contributed by atoms with Crippen molar-refractivity contribution < 1.29 is 14.1 Å². The van der Waals surface area contributed by atoms with Crippen molar-refractivity contribution in [2.75, 3.05) is 0 Å². The number of rotatable bonds is 8. The predicted molar refractivity (Wildman–Crippen MR) is 101 cm³/mol. The van der Waals surface area contributed by atoms with Gasteiger partial charge in [0.05, 0.1) is 23.1 Å². The number of nitro benzene ring substituents is 1. The van der Waals surface area contributed by atoms with Crippen LogP contribution in [0.25, 0.3) is 11.1 Å². The van der Waals surface area contributed by atoms with Gasteiger partial charge < -0.3 is 14.3 Å². The topological polar surface area (TPSA) is 141 Å². The molecule has 0 aliphatic carbocycles. The number of oxazole rings is 1. The molecular formula is C16H18N6O5S. The molecule has 11 nitrogen and oxygen atoms in total. The molecule has 2 aromatic heterocycles. The Morgan fingerprint density at radius 2 is 2.21 bits per heavy atom. The van der Waals surface area contributed by atoms with Gasteiger partial charge in [0.2, 0.25) is 5.91 Å². The molecule has 0 bridgehead atoms. The number of fused-ring (bicyclic) bond motifs is 1. The van der Waals surface area contributed by atoms with Gasteiger partial charge in [-0.05, 0) is 31.6 Å². The lowest BCUT2D eigenvalue weighted by Crippen LogP contribution is -2.25. The first-order valence-electron chi connectivity index (χ1n) is 8.59. The third-order valence-corrected chi connectivity index (χ3v) is 4.56. The van der Waals surface area contributed by atoms with E-state index < -0.39 is 10.7 Å². The summed E-state index contributed by atoms with van der Waals surface area (Å²) in [5.41, 5.74) is 0.443. The van der Waals surface area contributed by atoms with Crippen LogP contribution in [0, 0.1) is 14.9 Å². The van der Waals surface area contributed by atoms with Crippen molar-refractivity contribution in [3.63, 3.8) is 0 Å². The zero-order valence-corrected chi connectivity index (χ0v) is 15.8. The summed E-state index contributed by atoms with van der Waals surface area (Å²) in [6.45, 7) is 3.08. The summed E-state index contributed by atoms with van der Waals surface area (Å²) in [6.07, 6.45) is 0.599. The number of non-ortho nitro benzene ring substituents is 1. The van der Waals surface area contributed by atoms with E-state index in [1.807, 2.05) is 6.92 Å². The second-order valence-corrected chi connectivity index (χ2v) is 6.38. The van der Waals surface area contributed by atoms with Gasteiger partial charge in [-0.3, -0.25) is 24.6 Å². The van der Waals surface area contributed by atoms with E-state index in [1.165, 1.54) is 22.8 Å². The van der Waals surface area contributed by atoms with Crippen molar-refractivity contribution in [1.29, 1.82) is 0 Å². The Labute approximate surface area is 163 Å². The number of hydrogen-bond acceptors (Lipinski definition) is 7. The summed E-state index contributed by atoms with van der Waals surface area (Å²) in [7, 11) is 0. The lowest BCUT2D eigenvalue weighted by molar-refractivity contribution is -0.384. The molecule has 3 rings (SSSR count). The Kier molecular flexibility index (Phi) is 5.68. The standard InChI is InChI=1S/C16H18N6O5S/c1-2-20-13(18-19-15(20)28)9-17-14(23)4-3-7-21-11-6-5-10(22(25)26)8-12(11)27-16(21)24/h5-6,8H,2-4,7,9H2,1H3,(H,17,23)(H,19,28). The van der Waals surface area contributed by atoms with Gasteiger partial charge in [0.15, 0.2) is 16.2 Å². The summed E-state index contributed by atoms with van der Waals surface area (Å²) in [5.74, 6) is -0.165. The molecule has 1 aromatic carbocycles. The highest BCUT2D eigenvalue weighted by Crippen LogP contribution is 2.20. The molecule has 12 heteroatoms. The van der Waals surface area contributed by atoms with Crippen LogP contribution in [0.4, 0.5) is 5.69 Å². The Balaban J connectivity index is 1.58. The average molecular weight is 406 g/mol. The number of carbonyl (C=O) groups excluding carboxylic acids is 1. The number of amides is 1. The molecule has 0 aliphatic heterocycles. The average Bonchev–Trinajstić information content (AvgIpc) is 3.18. The molecule has 28 heavy (non-hydrogen) atoms.